The summed E-state index contributed by atoms with van der Waals surface area (Å²) in [7, 11) is 0. The van der Waals surface area contributed by atoms with E-state index in [2.05, 4.69) is 15.9 Å². The molecule has 0 heterocycles. The number of ether oxygens (including phenoxy) is 1. The Morgan fingerprint density at radius 1 is 1.18 bits per heavy atom. The Bertz CT molecular complexity index is 525. The smallest absolute Gasteiger partial charge is 0.133 e. The van der Waals surface area contributed by atoms with Crippen LogP contribution < -0.4 is 10.5 Å². The topological polar surface area (TPSA) is 35.2 Å². The number of hydrogen-bond acceptors (Lipinski definition) is 2. The van der Waals surface area contributed by atoms with Gasteiger partial charge in [0.15, 0.2) is 0 Å². The van der Waals surface area contributed by atoms with Gasteiger partial charge in [0.25, 0.3) is 0 Å². The van der Waals surface area contributed by atoms with Crippen molar-refractivity contribution in [1.29, 1.82) is 0 Å². The molecule has 2 N–H and O–H groups in total. The largest absolute Gasteiger partial charge is 0.488 e. The minimum absolute atomic E-state index is 0.550. The molecule has 0 unspecified atom stereocenters. The molecule has 0 saturated carbocycles. The number of anilines is 1. The molecule has 17 heavy (non-hydrogen) atoms. The Kier molecular flexibility index (Phi) is 3.69. The number of nitrogens with two attached hydrogens (primary N) is 1. The van der Waals surface area contributed by atoms with E-state index in [9.17, 15) is 0 Å². The number of aryl methyl sites for hydroxylation is 1. The molecule has 0 amide bonds. The van der Waals surface area contributed by atoms with Crippen LogP contribution in [0, 0.1) is 6.92 Å². The lowest BCUT2D eigenvalue weighted by Gasteiger charge is -2.10. The van der Waals surface area contributed by atoms with Crippen LogP contribution in [0.4, 0.5) is 5.69 Å². The summed E-state index contributed by atoms with van der Waals surface area (Å²) >= 11 is 3.45. The van der Waals surface area contributed by atoms with Crippen LogP contribution in [0.3, 0.4) is 0 Å². The van der Waals surface area contributed by atoms with E-state index in [1.54, 1.807) is 0 Å². The molecule has 0 aromatic heterocycles. The molecule has 88 valence electrons. The van der Waals surface area contributed by atoms with E-state index >= 15 is 0 Å². The Labute approximate surface area is 110 Å². The van der Waals surface area contributed by atoms with Crippen molar-refractivity contribution in [2.75, 3.05) is 5.73 Å². The van der Waals surface area contributed by atoms with Crippen molar-refractivity contribution in [3.8, 4) is 5.75 Å². The molecule has 3 heteroatoms. The summed E-state index contributed by atoms with van der Waals surface area (Å²) < 4.78 is 6.72. The first kappa shape index (κ1) is 12.0. The summed E-state index contributed by atoms with van der Waals surface area (Å²) in [5.41, 5.74) is 8.79. The van der Waals surface area contributed by atoms with Gasteiger partial charge in [-0.3, -0.25) is 0 Å². The van der Waals surface area contributed by atoms with Crippen molar-refractivity contribution in [3.63, 3.8) is 0 Å². The van der Waals surface area contributed by atoms with E-state index in [1.165, 1.54) is 0 Å². The molecule has 0 atom stereocenters. The van der Waals surface area contributed by atoms with E-state index in [0.717, 1.165) is 27.0 Å². The highest BCUT2D eigenvalue weighted by Gasteiger charge is 2.02. The zero-order chi connectivity index (χ0) is 12.3. The molecule has 0 bridgehead atoms. The second-order valence-electron chi connectivity index (χ2n) is 3.91. The van der Waals surface area contributed by atoms with Crippen LogP contribution in [-0.4, -0.2) is 0 Å². The van der Waals surface area contributed by atoms with Gasteiger partial charge in [0, 0.05) is 5.69 Å². The normalized spacial score (nSPS) is 10.2. The predicted molar refractivity (Wildman–Crippen MR) is 74.1 cm³/mol. The third-order valence-corrected chi connectivity index (χ3v) is 3.24. The maximum absolute atomic E-state index is 5.76. The minimum atomic E-state index is 0.550. The van der Waals surface area contributed by atoms with Gasteiger partial charge in [0.2, 0.25) is 0 Å². The molecule has 2 aromatic carbocycles. The van der Waals surface area contributed by atoms with Crippen LogP contribution in [0.25, 0.3) is 0 Å². The lowest BCUT2D eigenvalue weighted by atomic mass is 10.1. The maximum atomic E-state index is 5.76. The summed E-state index contributed by atoms with van der Waals surface area (Å²) in [6.45, 7) is 2.59. The number of benzene rings is 2. The molecule has 2 aromatic rings. The Hall–Kier alpha value is -1.48. The Morgan fingerprint density at radius 3 is 2.65 bits per heavy atom. The molecule has 0 radical (unpaired) electrons. The lowest BCUT2D eigenvalue weighted by molar-refractivity contribution is 0.303. The summed E-state index contributed by atoms with van der Waals surface area (Å²) in [6.07, 6.45) is 0. The molecule has 0 aliphatic heterocycles. The van der Waals surface area contributed by atoms with E-state index in [-0.39, 0.29) is 0 Å². The lowest BCUT2D eigenvalue weighted by Crippen LogP contribution is -1.99. The molecule has 0 saturated heterocycles. The zero-order valence-electron chi connectivity index (χ0n) is 9.61. The van der Waals surface area contributed by atoms with Crippen LogP contribution in [0.15, 0.2) is 46.9 Å². The molecule has 0 aliphatic carbocycles. The van der Waals surface area contributed by atoms with Crippen molar-refractivity contribution in [3.05, 3.63) is 58.1 Å². The van der Waals surface area contributed by atoms with E-state index in [4.69, 9.17) is 10.5 Å². The molecule has 0 fully saturated rings. The Morgan fingerprint density at radius 2 is 1.94 bits per heavy atom. The average molecular weight is 292 g/mol. The third kappa shape index (κ3) is 3.01. The summed E-state index contributed by atoms with van der Waals surface area (Å²) in [4.78, 5) is 0. The fourth-order valence-electron chi connectivity index (χ4n) is 1.60. The highest BCUT2D eigenvalue weighted by Crippen LogP contribution is 2.25. The molecular formula is C14H14BrNO. The first-order valence-corrected chi connectivity index (χ1v) is 6.18. The standard InChI is InChI=1S/C14H14BrNO/c1-10-8-12(16)7-6-11(10)9-17-14-5-3-2-4-13(14)15/h2-8H,9,16H2,1H3. The molecule has 0 aliphatic rings. The van der Waals surface area contributed by atoms with Crippen molar-refractivity contribution in [1.82, 2.24) is 0 Å². The molecule has 2 nitrogen and oxygen atoms in total. The van der Waals surface area contributed by atoms with Gasteiger partial charge in [-0.2, -0.15) is 0 Å². The van der Waals surface area contributed by atoms with Gasteiger partial charge >= 0.3 is 0 Å². The quantitative estimate of drug-likeness (QED) is 0.870. The Balaban J connectivity index is 2.10. The average Bonchev–Trinajstić information content (AvgIpc) is 2.30. The van der Waals surface area contributed by atoms with Gasteiger partial charge < -0.3 is 10.5 Å². The minimum Gasteiger partial charge on any atom is -0.488 e. The number of para-hydroxylation sites is 1. The second-order valence-corrected chi connectivity index (χ2v) is 4.76. The van der Waals surface area contributed by atoms with Crippen molar-refractivity contribution in [2.24, 2.45) is 0 Å². The number of rotatable bonds is 3. The van der Waals surface area contributed by atoms with Gasteiger partial charge in [-0.1, -0.05) is 18.2 Å². The second kappa shape index (κ2) is 5.23. The van der Waals surface area contributed by atoms with Crippen LogP contribution in [0.1, 0.15) is 11.1 Å². The zero-order valence-corrected chi connectivity index (χ0v) is 11.2. The van der Waals surface area contributed by atoms with Gasteiger partial charge in [0.05, 0.1) is 4.47 Å². The number of halogens is 1. The summed E-state index contributed by atoms with van der Waals surface area (Å²) in [5.74, 6) is 0.851. The van der Waals surface area contributed by atoms with Crippen LogP contribution in [0.2, 0.25) is 0 Å². The first-order valence-electron chi connectivity index (χ1n) is 5.39. The van der Waals surface area contributed by atoms with Crippen molar-refractivity contribution < 1.29 is 4.74 Å². The highest BCUT2D eigenvalue weighted by molar-refractivity contribution is 9.10. The number of nitrogen functional groups attached to an aromatic ring is 1. The monoisotopic (exact) mass is 291 g/mol. The third-order valence-electron chi connectivity index (χ3n) is 2.59. The fraction of sp³-hybridized carbons (Fsp3) is 0.143. The molecule has 0 spiro atoms. The maximum Gasteiger partial charge on any atom is 0.133 e. The van der Waals surface area contributed by atoms with Gasteiger partial charge in [-0.15, -0.1) is 0 Å². The van der Waals surface area contributed by atoms with E-state index < -0.39 is 0 Å². The highest BCUT2D eigenvalue weighted by atomic mass is 79.9. The van der Waals surface area contributed by atoms with Crippen LogP contribution >= 0.6 is 15.9 Å². The summed E-state index contributed by atoms with van der Waals surface area (Å²) in [6, 6.07) is 13.7. The molecule has 2 rings (SSSR count). The fourth-order valence-corrected chi connectivity index (χ4v) is 2.00. The van der Waals surface area contributed by atoms with E-state index in [1.807, 2.05) is 49.4 Å². The van der Waals surface area contributed by atoms with Crippen LogP contribution in [0.5, 0.6) is 5.75 Å². The predicted octanol–water partition coefficient (Wildman–Crippen LogP) is 3.92. The van der Waals surface area contributed by atoms with Crippen LogP contribution in [-0.2, 0) is 6.61 Å². The first-order chi connectivity index (χ1) is 8.16. The molecular weight excluding hydrogens is 278 g/mol. The van der Waals surface area contributed by atoms with E-state index in [0.29, 0.717) is 6.61 Å². The van der Waals surface area contributed by atoms with Crippen molar-refractivity contribution in [2.45, 2.75) is 13.5 Å². The van der Waals surface area contributed by atoms with Crippen molar-refractivity contribution >= 4 is 21.6 Å². The van der Waals surface area contributed by atoms with Gasteiger partial charge in [-0.25, -0.2) is 0 Å². The van der Waals surface area contributed by atoms with Gasteiger partial charge in [0.1, 0.15) is 12.4 Å². The van der Waals surface area contributed by atoms with Gasteiger partial charge in [-0.05, 0) is 58.2 Å². The number of hydrogen-bond donors (Lipinski definition) is 1. The summed E-state index contributed by atoms with van der Waals surface area (Å²) in [5, 5.41) is 0. The SMILES string of the molecule is Cc1cc(N)ccc1COc1ccccc1Br.